The SMILES string of the molecule is O=C1C=C(Oc2ccccc2)C(=O)C(Sc2ccccn2)=C1C1CCCCC1. The molecule has 5 heteroatoms. The lowest BCUT2D eigenvalue weighted by atomic mass is 9.80. The van der Waals surface area contributed by atoms with Gasteiger partial charge in [-0.3, -0.25) is 9.59 Å². The first-order valence-electron chi connectivity index (χ1n) is 9.59. The summed E-state index contributed by atoms with van der Waals surface area (Å²) in [7, 11) is 0. The normalized spacial score (nSPS) is 18.2. The molecule has 0 amide bonds. The van der Waals surface area contributed by atoms with E-state index >= 15 is 0 Å². The van der Waals surface area contributed by atoms with Crippen molar-refractivity contribution in [1.82, 2.24) is 4.98 Å². The maximum atomic E-state index is 13.3. The maximum absolute atomic E-state index is 13.3. The number of carbonyl (C=O) groups is 2. The van der Waals surface area contributed by atoms with Crippen molar-refractivity contribution >= 4 is 23.3 Å². The molecule has 0 aliphatic heterocycles. The summed E-state index contributed by atoms with van der Waals surface area (Å²) in [6.45, 7) is 0. The molecule has 1 aromatic carbocycles. The van der Waals surface area contributed by atoms with Gasteiger partial charge in [-0.2, -0.15) is 0 Å². The van der Waals surface area contributed by atoms with E-state index in [-0.39, 0.29) is 23.2 Å². The summed E-state index contributed by atoms with van der Waals surface area (Å²) in [5.41, 5.74) is 0.640. The predicted octanol–water partition coefficient (Wildman–Crippen LogP) is 5.12. The number of thioether (sulfide) groups is 1. The van der Waals surface area contributed by atoms with Gasteiger partial charge in [0.25, 0.3) is 0 Å². The first kappa shape index (κ1) is 18.7. The van der Waals surface area contributed by atoms with Crippen LogP contribution in [0.4, 0.5) is 0 Å². The monoisotopic (exact) mass is 391 g/mol. The third-order valence-corrected chi connectivity index (χ3v) is 6.09. The van der Waals surface area contributed by atoms with Crippen LogP contribution in [-0.2, 0) is 9.59 Å². The minimum Gasteiger partial charge on any atom is -0.453 e. The number of Topliss-reactive ketones (excluding diaryl/α,β-unsaturated/α-hetero) is 1. The lowest BCUT2D eigenvalue weighted by molar-refractivity contribution is -0.117. The van der Waals surface area contributed by atoms with E-state index in [9.17, 15) is 9.59 Å². The van der Waals surface area contributed by atoms with Crippen LogP contribution in [0.5, 0.6) is 5.75 Å². The van der Waals surface area contributed by atoms with Gasteiger partial charge in [0, 0.05) is 17.8 Å². The second-order valence-electron chi connectivity index (χ2n) is 6.96. The minimum absolute atomic E-state index is 0.0780. The molecule has 2 aliphatic rings. The third-order valence-electron chi connectivity index (χ3n) is 5.03. The largest absolute Gasteiger partial charge is 0.453 e. The summed E-state index contributed by atoms with van der Waals surface area (Å²) in [4.78, 5) is 31.1. The highest BCUT2D eigenvalue weighted by molar-refractivity contribution is 8.04. The molecule has 1 heterocycles. The fraction of sp³-hybridized carbons (Fsp3) is 0.261. The second-order valence-corrected chi connectivity index (χ2v) is 8.00. The van der Waals surface area contributed by atoms with Crippen molar-refractivity contribution < 1.29 is 14.3 Å². The van der Waals surface area contributed by atoms with Crippen LogP contribution in [0.3, 0.4) is 0 Å². The smallest absolute Gasteiger partial charge is 0.235 e. The number of hydrogen-bond donors (Lipinski definition) is 0. The number of allylic oxidation sites excluding steroid dienone is 3. The van der Waals surface area contributed by atoms with E-state index in [1.807, 2.05) is 36.4 Å². The topological polar surface area (TPSA) is 56.3 Å². The summed E-state index contributed by atoms with van der Waals surface area (Å²) >= 11 is 1.27. The van der Waals surface area contributed by atoms with Crippen molar-refractivity contribution in [2.45, 2.75) is 37.1 Å². The first-order valence-corrected chi connectivity index (χ1v) is 10.4. The summed E-state index contributed by atoms with van der Waals surface area (Å²) in [6, 6.07) is 14.6. The Kier molecular flexibility index (Phi) is 5.72. The van der Waals surface area contributed by atoms with E-state index < -0.39 is 0 Å². The highest BCUT2D eigenvalue weighted by atomic mass is 32.2. The molecule has 2 aromatic rings. The number of pyridine rings is 1. The molecule has 4 nitrogen and oxygen atoms in total. The second kappa shape index (κ2) is 8.57. The number of nitrogens with zero attached hydrogens (tertiary/aromatic N) is 1. The molecule has 1 saturated carbocycles. The maximum Gasteiger partial charge on any atom is 0.235 e. The van der Waals surface area contributed by atoms with Gasteiger partial charge in [0.1, 0.15) is 10.8 Å². The first-order chi connectivity index (χ1) is 13.7. The highest BCUT2D eigenvalue weighted by Crippen LogP contribution is 2.40. The van der Waals surface area contributed by atoms with Crippen LogP contribution >= 0.6 is 11.8 Å². The number of para-hydroxylation sites is 1. The van der Waals surface area contributed by atoms with Gasteiger partial charge in [-0.15, -0.1) is 0 Å². The highest BCUT2D eigenvalue weighted by Gasteiger charge is 2.35. The fourth-order valence-corrected chi connectivity index (χ4v) is 4.73. The molecule has 1 fully saturated rings. The summed E-state index contributed by atoms with van der Waals surface area (Å²) < 4.78 is 5.76. The van der Waals surface area contributed by atoms with Gasteiger partial charge in [-0.25, -0.2) is 4.98 Å². The Morgan fingerprint density at radius 2 is 1.68 bits per heavy atom. The van der Waals surface area contributed by atoms with Gasteiger partial charge in [-0.05, 0) is 43.0 Å². The molecule has 2 aliphatic carbocycles. The van der Waals surface area contributed by atoms with E-state index in [4.69, 9.17) is 4.74 Å². The summed E-state index contributed by atoms with van der Waals surface area (Å²) in [6.07, 6.45) is 8.32. The Morgan fingerprint density at radius 1 is 0.929 bits per heavy atom. The summed E-state index contributed by atoms with van der Waals surface area (Å²) in [5, 5.41) is 0.702. The van der Waals surface area contributed by atoms with Gasteiger partial charge >= 0.3 is 0 Å². The molecule has 1 aromatic heterocycles. The molecular formula is C23H21NO3S. The number of carbonyl (C=O) groups excluding carboxylic acids is 2. The van der Waals surface area contributed by atoms with Crippen LogP contribution in [0, 0.1) is 5.92 Å². The molecule has 28 heavy (non-hydrogen) atoms. The fourth-order valence-electron chi connectivity index (χ4n) is 3.69. The van der Waals surface area contributed by atoms with Gasteiger partial charge in [0.05, 0.1) is 4.91 Å². The van der Waals surface area contributed by atoms with Crippen LogP contribution < -0.4 is 4.74 Å². The number of hydrogen-bond acceptors (Lipinski definition) is 5. The van der Waals surface area contributed by atoms with Crippen LogP contribution in [0.2, 0.25) is 0 Å². The van der Waals surface area contributed by atoms with Gasteiger partial charge in [0.15, 0.2) is 11.5 Å². The molecule has 0 unspecified atom stereocenters. The average Bonchev–Trinajstić information content (AvgIpc) is 2.74. The number of rotatable bonds is 5. The van der Waals surface area contributed by atoms with Crippen molar-refractivity contribution in [3.05, 3.63) is 77.0 Å². The van der Waals surface area contributed by atoms with Crippen molar-refractivity contribution in [2.75, 3.05) is 0 Å². The molecule has 0 radical (unpaired) electrons. The number of aromatic nitrogens is 1. The van der Waals surface area contributed by atoms with E-state index in [2.05, 4.69) is 4.98 Å². The molecule has 0 bridgehead atoms. The van der Waals surface area contributed by atoms with Crippen LogP contribution in [-0.4, -0.2) is 16.6 Å². The predicted molar refractivity (Wildman–Crippen MR) is 109 cm³/mol. The van der Waals surface area contributed by atoms with Crippen LogP contribution in [0.1, 0.15) is 32.1 Å². The molecule has 0 saturated heterocycles. The molecule has 0 N–H and O–H groups in total. The number of ketones is 2. The average molecular weight is 391 g/mol. The Balaban J connectivity index is 1.69. The zero-order valence-corrected chi connectivity index (χ0v) is 16.3. The Morgan fingerprint density at radius 3 is 2.39 bits per heavy atom. The van der Waals surface area contributed by atoms with Crippen molar-refractivity contribution in [3.8, 4) is 5.75 Å². The molecular weight excluding hydrogens is 370 g/mol. The van der Waals surface area contributed by atoms with Gasteiger partial charge in [-0.1, -0.05) is 55.3 Å². The van der Waals surface area contributed by atoms with E-state index in [1.165, 1.54) is 24.3 Å². The Hall–Kier alpha value is -2.66. The standard InChI is InChI=1S/C23H21NO3S/c25-18-15-19(27-17-11-5-2-6-12-17)22(26)23(28-20-13-7-8-14-24-20)21(18)16-9-3-1-4-10-16/h2,5-8,11-16H,1,3-4,9-10H2. The number of ether oxygens (including phenoxy) is 1. The minimum atomic E-state index is -0.236. The summed E-state index contributed by atoms with van der Waals surface area (Å²) in [5.74, 6) is 0.397. The van der Waals surface area contributed by atoms with E-state index in [0.29, 0.717) is 21.3 Å². The lowest BCUT2D eigenvalue weighted by Gasteiger charge is -2.27. The van der Waals surface area contributed by atoms with Gasteiger partial charge in [0.2, 0.25) is 5.78 Å². The van der Waals surface area contributed by atoms with Crippen molar-refractivity contribution in [1.29, 1.82) is 0 Å². The lowest BCUT2D eigenvalue weighted by Crippen LogP contribution is -2.26. The Labute approximate surface area is 168 Å². The van der Waals surface area contributed by atoms with Crippen LogP contribution in [0.15, 0.2) is 82.1 Å². The third kappa shape index (κ3) is 4.09. The van der Waals surface area contributed by atoms with E-state index in [0.717, 1.165) is 25.7 Å². The van der Waals surface area contributed by atoms with Crippen molar-refractivity contribution in [2.24, 2.45) is 5.92 Å². The molecule has 0 atom stereocenters. The van der Waals surface area contributed by atoms with Gasteiger partial charge < -0.3 is 4.74 Å². The quantitative estimate of drug-likeness (QED) is 0.662. The van der Waals surface area contributed by atoms with Crippen LogP contribution in [0.25, 0.3) is 0 Å². The molecule has 4 rings (SSSR count). The van der Waals surface area contributed by atoms with Crippen molar-refractivity contribution in [3.63, 3.8) is 0 Å². The zero-order chi connectivity index (χ0) is 19.3. The van der Waals surface area contributed by atoms with E-state index in [1.54, 1.807) is 18.3 Å². The molecule has 142 valence electrons. The Bertz CT molecular complexity index is 929. The number of benzene rings is 1. The molecule has 0 spiro atoms. The zero-order valence-electron chi connectivity index (χ0n) is 15.5.